The molecule has 0 aliphatic carbocycles. The lowest BCUT2D eigenvalue weighted by Crippen LogP contribution is -2.17. The van der Waals surface area contributed by atoms with Crippen LogP contribution in [0.2, 0.25) is 0 Å². The number of aryl methyl sites for hydroxylation is 1. The number of pyridine rings is 1. The number of alkyl halides is 6. The van der Waals surface area contributed by atoms with Crippen LogP contribution in [0.25, 0.3) is 21.9 Å². The minimum absolute atomic E-state index is 0.0185. The van der Waals surface area contributed by atoms with Crippen molar-refractivity contribution in [3.63, 3.8) is 0 Å². The van der Waals surface area contributed by atoms with Gasteiger partial charge < -0.3 is 5.32 Å². The predicted octanol–water partition coefficient (Wildman–Crippen LogP) is 7.50. The van der Waals surface area contributed by atoms with Gasteiger partial charge in [0.05, 0.1) is 11.1 Å². The Morgan fingerprint density at radius 1 is 0.794 bits per heavy atom. The number of anilines is 1. The van der Waals surface area contributed by atoms with Crippen LogP contribution in [0.3, 0.4) is 0 Å². The second-order valence-electron chi connectivity index (χ2n) is 7.72. The maximum Gasteiger partial charge on any atom is 0.416 e. The molecule has 0 aliphatic rings. The molecule has 4 rings (SSSR count). The zero-order chi connectivity index (χ0) is 24.7. The average Bonchev–Trinajstić information content (AvgIpc) is 2.78. The Bertz CT molecular complexity index is 1360. The molecule has 4 aromatic rings. The Morgan fingerprint density at radius 2 is 1.47 bits per heavy atom. The summed E-state index contributed by atoms with van der Waals surface area (Å²) in [5.74, 6) is -1.09. The monoisotopic (exact) mass is 474 g/mol. The molecule has 34 heavy (non-hydrogen) atoms. The van der Waals surface area contributed by atoms with Crippen molar-refractivity contribution < 1.29 is 31.1 Å². The molecular weight excluding hydrogens is 458 g/mol. The summed E-state index contributed by atoms with van der Waals surface area (Å²) in [4.78, 5) is 16.7. The van der Waals surface area contributed by atoms with Crippen LogP contribution in [0.5, 0.6) is 0 Å². The highest BCUT2D eigenvalue weighted by Gasteiger charge is 2.37. The highest BCUT2D eigenvalue weighted by molar-refractivity contribution is 6.05. The van der Waals surface area contributed by atoms with Gasteiger partial charge in [-0.15, -0.1) is 0 Å². The fourth-order valence-electron chi connectivity index (χ4n) is 3.55. The van der Waals surface area contributed by atoms with E-state index in [1.807, 2.05) is 31.2 Å². The topological polar surface area (TPSA) is 42.0 Å². The van der Waals surface area contributed by atoms with E-state index in [9.17, 15) is 31.1 Å². The summed E-state index contributed by atoms with van der Waals surface area (Å²) in [6.07, 6.45) is -6.72. The molecule has 0 aliphatic heterocycles. The van der Waals surface area contributed by atoms with E-state index in [-0.39, 0.29) is 11.8 Å². The summed E-state index contributed by atoms with van der Waals surface area (Å²) < 4.78 is 78.7. The number of rotatable bonds is 3. The smallest absolute Gasteiger partial charge is 0.322 e. The molecule has 0 unspecified atom stereocenters. The zero-order valence-electron chi connectivity index (χ0n) is 17.6. The van der Waals surface area contributed by atoms with Gasteiger partial charge in [-0.3, -0.25) is 9.78 Å². The minimum Gasteiger partial charge on any atom is -0.322 e. The molecule has 9 heteroatoms. The largest absolute Gasteiger partial charge is 0.416 e. The maximum atomic E-state index is 13.1. The molecule has 1 aromatic heterocycles. The Labute approximate surface area is 190 Å². The first-order valence-corrected chi connectivity index (χ1v) is 9.97. The number of nitrogens with one attached hydrogen (secondary N) is 1. The number of carbonyl (C=O) groups excluding carboxylic acids is 1. The number of nitrogens with zero attached hydrogens (tertiary/aromatic N) is 1. The van der Waals surface area contributed by atoms with Gasteiger partial charge >= 0.3 is 12.4 Å². The SMILES string of the molecule is Cc1ccc(NC(=O)c2cc(C(F)(F)F)cc(C(F)(F)F)c2)cc1-c1ccc2ccncc2c1. The molecule has 3 nitrogen and oxygen atoms in total. The zero-order valence-corrected chi connectivity index (χ0v) is 17.6. The first kappa shape index (κ1) is 23.3. The minimum atomic E-state index is -5.04. The molecule has 0 fully saturated rings. The van der Waals surface area contributed by atoms with Crippen LogP contribution in [0.1, 0.15) is 27.0 Å². The fourth-order valence-corrected chi connectivity index (χ4v) is 3.55. The van der Waals surface area contributed by atoms with Crippen molar-refractivity contribution in [1.29, 1.82) is 0 Å². The number of amides is 1. The number of fused-ring (bicyclic) bond motifs is 1. The van der Waals surface area contributed by atoms with Gasteiger partial charge in [-0.1, -0.05) is 18.2 Å². The van der Waals surface area contributed by atoms with Gasteiger partial charge in [0, 0.05) is 29.0 Å². The molecule has 1 amide bonds. The number of halogens is 6. The van der Waals surface area contributed by atoms with Gasteiger partial charge in [0.25, 0.3) is 5.91 Å². The third kappa shape index (κ3) is 4.88. The van der Waals surface area contributed by atoms with E-state index in [1.54, 1.807) is 24.5 Å². The number of hydrogen-bond donors (Lipinski definition) is 1. The van der Waals surface area contributed by atoms with Crippen molar-refractivity contribution in [2.45, 2.75) is 19.3 Å². The second-order valence-corrected chi connectivity index (χ2v) is 7.72. The predicted molar refractivity (Wildman–Crippen MR) is 116 cm³/mol. The number of carbonyl (C=O) groups is 1. The summed E-state index contributed by atoms with van der Waals surface area (Å²) in [5, 5.41) is 4.27. The first-order valence-electron chi connectivity index (χ1n) is 9.97. The molecule has 0 bridgehead atoms. The molecule has 174 valence electrons. The fraction of sp³-hybridized carbons (Fsp3) is 0.120. The standard InChI is InChI=1S/C25H16F6N2O/c1-14-2-5-21(12-22(14)16-4-3-15-6-7-32-13-18(15)8-16)33-23(34)17-9-19(24(26,27)28)11-20(10-17)25(29,30)31/h2-13H,1H3,(H,33,34). The molecule has 1 N–H and O–H groups in total. The second kappa shape index (κ2) is 8.48. The maximum absolute atomic E-state index is 13.1. The van der Waals surface area contributed by atoms with E-state index in [0.717, 1.165) is 27.5 Å². The van der Waals surface area contributed by atoms with Crippen molar-refractivity contribution in [3.8, 4) is 11.1 Å². The highest BCUT2D eigenvalue weighted by Crippen LogP contribution is 2.36. The molecule has 0 saturated carbocycles. The van der Waals surface area contributed by atoms with Crippen LogP contribution in [0.15, 0.2) is 73.1 Å². The van der Waals surface area contributed by atoms with E-state index < -0.39 is 35.0 Å². The van der Waals surface area contributed by atoms with Gasteiger partial charge in [0.1, 0.15) is 0 Å². The highest BCUT2D eigenvalue weighted by atomic mass is 19.4. The van der Waals surface area contributed by atoms with Crippen LogP contribution in [0.4, 0.5) is 32.0 Å². The quantitative estimate of drug-likeness (QED) is 0.313. The van der Waals surface area contributed by atoms with Gasteiger partial charge in [0.15, 0.2) is 0 Å². The first-order chi connectivity index (χ1) is 15.9. The average molecular weight is 474 g/mol. The Balaban J connectivity index is 1.69. The van der Waals surface area contributed by atoms with Gasteiger partial charge in [-0.25, -0.2) is 0 Å². The van der Waals surface area contributed by atoms with Crippen LogP contribution in [0, 0.1) is 6.92 Å². The van der Waals surface area contributed by atoms with Crippen LogP contribution in [-0.2, 0) is 12.4 Å². The van der Waals surface area contributed by atoms with E-state index in [0.29, 0.717) is 12.1 Å². The van der Waals surface area contributed by atoms with Crippen LogP contribution >= 0.6 is 0 Å². The molecule has 0 atom stereocenters. The van der Waals surface area contributed by atoms with Crippen molar-refractivity contribution >= 4 is 22.4 Å². The van der Waals surface area contributed by atoms with Gasteiger partial charge in [-0.05, 0) is 71.5 Å². The lowest BCUT2D eigenvalue weighted by molar-refractivity contribution is -0.143. The summed E-state index contributed by atoms with van der Waals surface area (Å²) in [6, 6.07) is 13.1. The number of benzene rings is 3. The normalized spacial score (nSPS) is 12.1. The Hall–Kier alpha value is -3.88. The molecule has 0 spiro atoms. The third-order valence-electron chi connectivity index (χ3n) is 5.30. The van der Waals surface area contributed by atoms with Gasteiger partial charge in [0.2, 0.25) is 0 Å². The summed E-state index contributed by atoms with van der Waals surface area (Å²) in [5.41, 5.74) is -1.22. The molecule has 0 radical (unpaired) electrons. The van der Waals surface area contributed by atoms with Crippen molar-refractivity contribution in [3.05, 3.63) is 95.3 Å². The number of aromatic nitrogens is 1. The van der Waals surface area contributed by atoms with E-state index in [2.05, 4.69) is 10.3 Å². The van der Waals surface area contributed by atoms with Gasteiger partial charge in [-0.2, -0.15) is 26.3 Å². The van der Waals surface area contributed by atoms with E-state index in [1.165, 1.54) is 6.07 Å². The van der Waals surface area contributed by atoms with Crippen LogP contribution in [-0.4, -0.2) is 10.9 Å². The summed E-state index contributed by atoms with van der Waals surface area (Å²) in [6.45, 7) is 1.84. The van der Waals surface area contributed by atoms with E-state index >= 15 is 0 Å². The molecule has 3 aromatic carbocycles. The lowest BCUT2D eigenvalue weighted by Gasteiger charge is -2.15. The number of hydrogen-bond acceptors (Lipinski definition) is 2. The Morgan fingerprint density at radius 3 is 2.12 bits per heavy atom. The Kier molecular flexibility index (Phi) is 5.80. The molecular formula is C25H16F6N2O. The van der Waals surface area contributed by atoms with Crippen molar-refractivity contribution in [1.82, 2.24) is 4.98 Å². The lowest BCUT2D eigenvalue weighted by atomic mass is 9.97. The summed E-state index contributed by atoms with van der Waals surface area (Å²) >= 11 is 0. The molecule has 1 heterocycles. The summed E-state index contributed by atoms with van der Waals surface area (Å²) in [7, 11) is 0. The molecule has 0 saturated heterocycles. The van der Waals surface area contributed by atoms with Crippen molar-refractivity contribution in [2.24, 2.45) is 0 Å². The third-order valence-corrected chi connectivity index (χ3v) is 5.30. The van der Waals surface area contributed by atoms with Crippen LogP contribution < -0.4 is 5.32 Å². The van der Waals surface area contributed by atoms with Crippen molar-refractivity contribution in [2.75, 3.05) is 5.32 Å². The van der Waals surface area contributed by atoms with E-state index in [4.69, 9.17) is 0 Å².